The van der Waals surface area contributed by atoms with Gasteiger partial charge in [0.2, 0.25) is 5.95 Å². The number of morpholine rings is 1. The molecule has 13 nitrogen and oxygen atoms in total. The second-order valence-corrected chi connectivity index (χ2v) is 10.0. The van der Waals surface area contributed by atoms with Crippen molar-refractivity contribution in [3.63, 3.8) is 0 Å². The fourth-order valence-electron chi connectivity index (χ4n) is 4.74. The standard InChI is InChI=1S/C25H26ClN11O2/c26-21-18(32-25-33-22(31-16-1-2-16)23-30-13-17(12-28)37(23)34-25)9-15(11-27)10-19(21)35-4-6-36(7-5-35)24(38)20-14-29-3-8-39-20/h9-10,13,16,20,29H,1-8,14H2,(H2,31,32,33,34). The average molecular weight is 548 g/mol. The van der Waals surface area contributed by atoms with Crippen LogP contribution in [0.1, 0.15) is 24.1 Å². The van der Waals surface area contributed by atoms with Crippen molar-refractivity contribution in [2.24, 2.45) is 0 Å². The topological polar surface area (TPSA) is 160 Å². The van der Waals surface area contributed by atoms with E-state index in [9.17, 15) is 15.3 Å². The molecule has 14 heteroatoms. The van der Waals surface area contributed by atoms with Crippen molar-refractivity contribution >= 4 is 46.3 Å². The van der Waals surface area contributed by atoms with E-state index >= 15 is 0 Å². The minimum absolute atomic E-state index is 0.0135. The minimum Gasteiger partial charge on any atom is -0.367 e. The third-order valence-electron chi connectivity index (χ3n) is 6.96. The van der Waals surface area contributed by atoms with Crippen LogP contribution < -0.4 is 20.9 Å². The molecule has 3 aliphatic rings. The number of anilines is 4. The summed E-state index contributed by atoms with van der Waals surface area (Å²) in [6.07, 6.45) is 3.07. The van der Waals surface area contributed by atoms with Crippen LogP contribution in [0.5, 0.6) is 0 Å². The van der Waals surface area contributed by atoms with Gasteiger partial charge in [0.05, 0.1) is 40.8 Å². The van der Waals surface area contributed by atoms with Crippen LogP contribution in [0.3, 0.4) is 0 Å². The molecule has 3 aromatic rings. The summed E-state index contributed by atoms with van der Waals surface area (Å²) >= 11 is 6.87. The number of amides is 1. The molecule has 1 saturated carbocycles. The lowest BCUT2D eigenvalue weighted by Crippen LogP contribution is -2.55. The fraction of sp³-hybridized carbons (Fsp3) is 0.440. The number of hydrogen-bond donors (Lipinski definition) is 3. The molecule has 200 valence electrons. The SMILES string of the molecule is N#Cc1cc(Nc2nc(NC3CC3)c3ncc(C#N)n3n2)c(Cl)c(N2CCN(C(=O)C3CNCCO3)CC2)c1. The molecular formula is C25H26ClN11O2. The first kappa shape index (κ1) is 25.1. The van der Waals surface area contributed by atoms with Crippen molar-refractivity contribution in [1.29, 1.82) is 10.5 Å². The van der Waals surface area contributed by atoms with Crippen molar-refractivity contribution in [3.05, 3.63) is 34.6 Å². The minimum atomic E-state index is -0.458. The highest BCUT2D eigenvalue weighted by Crippen LogP contribution is 2.37. The number of nitrogens with one attached hydrogen (secondary N) is 3. The van der Waals surface area contributed by atoms with Crippen LogP contribution in [0.25, 0.3) is 5.65 Å². The Morgan fingerprint density at radius 2 is 2.00 bits per heavy atom. The first-order chi connectivity index (χ1) is 19.0. The average Bonchev–Trinajstić information content (AvgIpc) is 3.70. The van der Waals surface area contributed by atoms with Gasteiger partial charge in [0.15, 0.2) is 17.2 Å². The molecular weight excluding hydrogens is 522 g/mol. The molecule has 1 atom stereocenters. The number of rotatable bonds is 6. The zero-order valence-corrected chi connectivity index (χ0v) is 21.8. The van der Waals surface area contributed by atoms with Gasteiger partial charge >= 0.3 is 0 Å². The van der Waals surface area contributed by atoms with E-state index < -0.39 is 6.10 Å². The third-order valence-corrected chi connectivity index (χ3v) is 7.36. The van der Waals surface area contributed by atoms with Gasteiger partial charge in [-0.1, -0.05) is 11.6 Å². The second-order valence-electron chi connectivity index (χ2n) is 9.66. The molecule has 3 fully saturated rings. The number of hydrogen-bond acceptors (Lipinski definition) is 11. The number of aromatic nitrogens is 4. The van der Waals surface area contributed by atoms with Crippen LogP contribution in [0.2, 0.25) is 5.02 Å². The number of nitriles is 2. The molecule has 2 aliphatic heterocycles. The first-order valence-electron chi connectivity index (χ1n) is 12.8. The summed E-state index contributed by atoms with van der Waals surface area (Å²) in [4.78, 5) is 25.6. The van der Waals surface area contributed by atoms with E-state index in [2.05, 4.69) is 48.1 Å². The Labute approximate surface area is 229 Å². The van der Waals surface area contributed by atoms with Crippen molar-refractivity contribution in [2.45, 2.75) is 25.0 Å². The van der Waals surface area contributed by atoms with Crippen LogP contribution >= 0.6 is 11.6 Å². The van der Waals surface area contributed by atoms with Gasteiger partial charge in [-0.15, -0.1) is 5.10 Å². The number of benzene rings is 1. The third kappa shape index (κ3) is 5.12. The Balaban J connectivity index is 1.25. The summed E-state index contributed by atoms with van der Waals surface area (Å²) < 4.78 is 7.06. The predicted molar refractivity (Wildman–Crippen MR) is 143 cm³/mol. The highest BCUT2D eigenvalue weighted by atomic mass is 35.5. The van der Waals surface area contributed by atoms with Crippen molar-refractivity contribution in [1.82, 2.24) is 29.8 Å². The number of imidazole rings is 1. The maximum absolute atomic E-state index is 12.9. The molecule has 0 bridgehead atoms. The number of carbonyl (C=O) groups is 1. The number of halogens is 1. The predicted octanol–water partition coefficient (Wildman–Crippen LogP) is 1.48. The van der Waals surface area contributed by atoms with E-state index in [1.54, 1.807) is 12.1 Å². The molecule has 39 heavy (non-hydrogen) atoms. The van der Waals surface area contributed by atoms with Gasteiger partial charge in [0.25, 0.3) is 5.91 Å². The van der Waals surface area contributed by atoms with Gasteiger partial charge in [-0.3, -0.25) is 4.79 Å². The summed E-state index contributed by atoms with van der Waals surface area (Å²) in [5.41, 5.74) is 2.28. The summed E-state index contributed by atoms with van der Waals surface area (Å²) in [6.45, 7) is 3.93. The summed E-state index contributed by atoms with van der Waals surface area (Å²) in [5, 5.41) is 33.8. The van der Waals surface area contributed by atoms with E-state index in [0.29, 0.717) is 78.8 Å². The zero-order valence-electron chi connectivity index (χ0n) is 21.0. The van der Waals surface area contributed by atoms with Crippen molar-refractivity contribution < 1.29 is 9.53 Å². The van der Waals surface area contributed by atoms with Crippen LogP contribution in [0.4, 0.5) is 23.1 Å². The maximum Gasteiger partial charge on any atom is 0.253 e. The molecule has 0 radical (unpaired) electrons. The number of carbonyl (C=O) groups excluding carboxylic acids is 1. The number of ether oxygens (including phenoxy) is 1. The molecule has 1 aromatic carbocycles. The van der Waals surface area contributed by atoms with Crippen LogP contribution in [-0.4, -0.2) is 88.4 Å². The molecule has 4 heterocycles. The van der Waals surface area contributed by atoms with Crippen LogP contribution in [0, 0.1) is 22.7 Å². The Morgan fingerprint density at radius 3 is 2.69 bits per heavy atom. The summed E-state index contributed by atoms with van der Waals surface area (Å²) in [6, 6.07) is 7.97. The lowest BCUT2D eigenvalue weighted by Gasteiger charge is -2.38. The molecule has 1 unspecified atom stereocenters. The van der Waals surface area contributed by atoms with E-state index in [1.165, 1.54) is 10.7 Å². The number of fused-ring (bicyclic) bond motifs is 1. The van der Waals surface area contributed by atoms with Gasteiger partial charge in [-0.25, -0.2) is 4.98 Å². The second kappa shape index (κ2) is 10.5. The fourth-order valence-corrected chi connectivity index (χ4v) is 5.01. The quantitative estimate of drug-likeness (QED) is 0.410. The summed E-state index contributed by atoms with van der Waals surface area (Å²) in [5.74, 6) is 0.710. The van der Waals surface area contributed by atoms with Crippen LogP contribution in [0.15, 0.2) is 18.3 Å². The number of nitrogens with zero attached hydrogens (tertiary/aromatic N) is 8. The Hall–Kier alpha value is -4.17. The van der Waals surface area contributed by atoms with Gasteiger partial charge in [0.1, 0.15) is 12.2 Å². The number of piperazine rings is 1. The van der Waals surface area contributed by atoms with E-state index in [-0.39, 0.29) is 17.5 Å². The highest BCUT2D eigenvalue weighted by molar-refractivity contribution is 6.36. The molecule has 2 saturated heterocycles. The van der Waals surface area contributed by atoms with Gasteiger partial charge in [-0.05, 0) is 25.0 Å². The van der Waals surface area contributed by atoms with Gasteiger partial charge < -0.3 is 30.5 Å². The molecule has 1 amide bonds. The lowest BCUT2D eigenvalue weighted by molar-refractivity contribution is -0.145. The molecule has 1 aliphatic carbocycles. The van der Waals surface area contributed by atoms with E-state index in [0.717, 1.165) is 19.4 Å². The van der Waals surface area contributed by atoms with E-state index in [4.69, 9.17) is 16.3 Å². The Bertz CT molecular complexity index is 1490. The molecule has 0 spiro atoms. The van der Waals surface area contributed by atoms with Crippen LogP contribution in [-0.2, 0) is 9.53 Å². The monoisotopic (exact) mass is 547 g/mol. The Kier molecular flexibility index (Phi) is 6.79. The normalized spacial score (nSPS) is 19.4. The molecule has 2 aromatic heterocycles. The van der Waals surface area contributed by atoms with Crippen molar-refractivity contribution in [2.75, 3.05) is 61.4 Å². The van der Waals surface area contributed by atoms with E-state index in [1.807, 2.05) is 4.90 Å². The largest absolute Gasteiger partial charge is 0.367 e. The van der Waals surface area contributed by atoms with Gasteiger partial charge in [-0.2, -0.15) is 20.0 Å². The zero-order chi connectivity index (χ0) is 26.9. The lowest BCUT2D eigenvalue weighted by atomic mass is 10.1. The maximum atomic E-state index is 12.9. The van der Waals surface area contributed by atoms with Gasteiger partial charge in [0, 0.05) is 45.3 Å². The summed E-state index contributed by atoms with van der Waals surface area (Å²) in [7, 11) is 0. The first-order valence-corrected chi connectivity index (χ1v) is 13.2. The van der Waals surface area contributed by atoms with Crippen molar-refractivity contribution in [3.8, 4) is 12.1 Å². The Morgan fingerprint density at radius 1 is 1.18 bits per heavy atom. The molecule has 3 N–H and O–H groups in total. The highest BCUT2D eigenvalue weighted by Gasteiger charge is 2.30. The molecule has 6 rings (SSSR count). The smallest absolute Gasteiger partial charge is 0.253 e.